The van der Waals surface area contributed by atoms with Crippen LogP contribution in [0.4, 0.5) is 15.8 Å². The third kappa shape index (κ3) is 3.16. The summed E-state index contributed by atoms with van der Waals surface area (Å²) in [4.78, 5) is 27.6. The molecule has 0 amide bonds. The fourth-order valence-corrected chi connectivity index (χ4v) is 1.79. The van der Waals surface area contributed by atoms with E-state index in [1.165, 1.54) is 30.5 Å². The molecule has 19 heavy (non-hydrogen) atoms. The molecule has 0 saturated heterocycles. The first-order valence-corrected chi connectivity index (χ1v) is 5.76. The van der Waals surface area contributed by atoms with E-state index in [9.17, 15) is 20.2 Å². The minimum atomic E-state index is -0.539. The van der Waals surface area contributed by atoms with E-state index in [-0.39, 0.29) is 15.8 Å². The van der Waals surface area contributed by atoms with E-state index in [2.05, 4.69) is 9.98 Å². The molecule has 0 radical (unpaired) electrons. The summed E-state index contributed by atoms with van der Waals surface area (Å²) in [6.45, 7) is 0. The van der Waals surface area contributed by atoms with Crippen molar-refractivity contribution in [1.82, 2.24) is 4.98 Å². The second-order valence-corrected chi connectivity index (χ2v) is 4.33. The number of hydrogen-bond donors (Lipinski definition) is 0. The fourth-order valence-electron chi connectivity index (χ4n) is 1.21. The minimum Gasteiger partial charge on any atom is -0.258 e. The van der Waals surface area contributed by atoms with E-state index in [4.69, 9.17) is 0 Å². The molecule has 0 N–H and O–H groups in total. The Hall–Kier alpha value is -2.68. The van der Waals surface area contributed by atoms with Gasteiger partial charge in [0.1, 0.15) is 6.20 Å². The lowest BCUT2D eigenvalue weighted by Crippen LogP contribution is -1.88. The van der Waals surface area contributed by atoms with Crippen molar-refractivity contribution in [3.05, 3.63) is 56.3 Å². The first kappa shape index (κ1) is 12.8. The van der Waals surface area contributed by atoms with Crippen molar-refractivity contribution >= 4 is 33.4 Å². The van der Waals surface area contributed by atoms with Crippen molar-refractivity contribution < 1.29 is 9.85 Å². The molecule has 1 aromatic heterocycles. The van der Waals surface area contributed by atoms with E-state index in [1.807, 2.05) is 0 Å². The number of aromatic nitrogens is 1. The van der Waals surface area contributed by atoms with Gasteiger partial charge in [-0.25, -0.2) is 9.98 Å². The van der Waals surface area contributed by atoms with Crippen molar-refractivity contribution in [3.8, 4) is 0 Å². The van der Waals surface area contributed by atoms with Gasteiger partial charge in [-0.15, -0.1) is 0 Å². The Morgan fingerprint density at radius 3 is 2.37 bits per heavy atom. The van der Waals surface area contributed by atoms with Crippen LogP contribution in [0.1, 0.15) is 5.56 Å². The summed E-state index contributed by atoms with van der Waals surface area (Å²) in [5.41, 5.74) is 0.630. The summed E-state index contributed by atoms with van der Waals surface area (Å²) in [6.07, 6.45) is 2.57. The molecule has 96 valence electrons. The highest BCUT2D eigenvalue weighted by Gasteiger charge is 2.10. The van der Waals surface area contributed by atoms with Crippen molar-refractivity contribution in [2.24, 2.45) is 4.99 Å². The highest BCUT2D eigenvalue weighted by Crippen LogP contribution is 2.27. The van der Waals surface area contributed by atoms with Gasteiger partial charge in [0.15, 0.2) is 0 Å². The number of rotatable bonds is 4. The molecule has 0 fully saturated rings. The zero-order valence-corrected chi connectivity index (χ0v) is 10.1. The summed E-state index contributed by atoms with van der Waals surface area (Å²) in [5.74, 6) is 0. The lowest BCUT2D eigenvalue weighted by Gasteiger charge is -1.92. The number of nitro groups is 2. The molecule has 8 nitrogen and oxygen atoms in total. The lowest BCUT2D eigenvalue weighted by molar-refractivity contribution is -0.384. The van der Waals surface area contributed by atoms with Crippen LogP contribution in [0.2, 0.25) is 0 Å². The largest absolute Gasteiger partial charge is 0.345 e. The maximum Gasteiger partial charge on any atom is 0.345 e. The van der Waals surface area contributed by atoms with Crippen molar-refractivity contribution in [2.45, 2.75) is 0 Å². The molecule has 0 aliphatic carbocycles. The van der Waals surface area contributed by atoms with Crippen LogP contribution in [-0.4, -0.2) is 21.0 Å². The summed E-state index contributed by atoms with van der Waals surface area (Å²) >= 11 is 0.852. The number of non-ortho nitro benzene ring substituents is 1. The van der Waals surface area contributed by atoms with E-state index in [0.717, 1.165) is 17.5 Å². The number of nitro benzene ring substituents is 1. The van der Waals surface area contributed by atoms with Gasteiger partial charge >= 0.3 is 5.00 Å². The zero-order valence-electron chi connectivity index (χ0n) is 9.29. The van der Waals surface area contributed by atoms with Crippen LogP contribution < -0.4 is 0 Å². The normalized spacial score (nSPS) is 10.7. The maximum absolute atomic E-state index is 10.5. The third-order valence-corrected chi connectivity index (χ3v) is 2.95. The van der Waals surface area contributed by atoms with Crippen LogP contribution in [0, 0.1) is 20.2 Å². The summed E-state index contributed by atoms with van der Waals surface area (Å²) < 4.78 is 0. The van der Waals surface area contributed by atoms with Gasteiger partial charge in [-0.05, 0) is 29.0 Å². The van der Waals surface area contributed by atoms with Crippen LogP contribution in [0.5, 0.6) is 0 Å². The number of hydrogen-bond acceptors (Lipinski definition) is 7. The number of aliphatic imine (C=N–C) groups is 1. The first-order chi connectivity index (χ1) is 9.06. The average Bonchev–Trinajstić information content (AvgIpc) is 2.86. The van der Waals surface area contributed by atoms with E-state index >= 15 is 0 Å². The monoisotopic (exact) mass is 278 g/mol. The van der Waals surface area contributed by atoms with Crippen LogP contribution in [0.25, 0.3) is 0 Å². The summed E-state index contributed by atoms with van der Waals surface area (Å²) in [6, 6.07) is 5.77. The SMILES string of the molecule is O=[N+]([O-])c1ccc(/C=N\c2ncc([N+](=O)[O-])s2)cc1. The van der Waals surface area contributed by atoms with Crippen LogP contribution in [0.15, 0.2) is 35.5 Å². The molecule has 9 heteroatoms. The fraction of sp³-hybridized carbons (Fsp3) is 0. The predicted octanol–water partition coefficient (Wildman–Crippen LogP) is 2.71. The van der Waals surface area contributed by atoms with Gasteiger partial charge in [-0.1, -0.05) is 0 Å². The minimum absolute atomic E-state index is 0.0120. The molecule has 1 heterocycles. The van der Waals surface area contributed by atoms with Crippen LogP contribution >= 0.6 is 11.3 Å². The molecule has 0 saturated carbocycles. The third-order valence-electron chi connectivity index (χ3n) is 2.09. The van der Waals surface area contributed by atoms with Gasteiger partial charge < -0.3 is 0 Å². The van der Waals surface area contributed by atoms with Gasteiger partial charge in [-0.3, -0.25) is 20.2 Å². The van der Waals surface area contributed by atoms with Gasteiger partial charge in [0, 0.05) is 18.3 Å². The molecule has 0 spiro atoms. The summed E-state index contributed by atoms with van der Waals surface area (Å²) in [5, 5.41) is 21.1. The van der Waals surface area contributed by atoms with Gasteiger partial charge in [0.2, 0.25) is 5.13 Å². The number of thiazole rings is 1. The highest BCUT2D eigenvalue weighted by molar-refractivity contribution is 7.18. The van der Waals surface area contributed by atoms with Gasteiger partial charge in [-0.2, -0.15) is 0 Å². The smallest absolute Gasteiger partial charge is 0.258 e. The molecule has 0 unspecified atom stereocenters. The Bertz CT molecular complexity index is 650. The van der Waals surface area contributed by atoms with Crippen molar-refractivity contribution in [1.29, 1.82) is 0 Å². The van der Waals surface area contributed by atoms with Gasteiger partial charge in [0.25, 0.3) is 5.69 Å². The molecule has 0 atom stereocenters. The van der Waals surface area contributed by atoms with Crippen molar-refractivity contribution in [3.63, 3.8) is 0 Å². The molecular formula is C10H6N4O4S. The Kier molecular flexibility index (Phi) is 3.57. The van der Waals surface area contributed by atoms with Gasteiger partial charge in [0.05, 0.1) is 9.85 Å². The molecule has 2 rings (SSSR count). The summed E-state index contributed by atoms with van der Waals surface area (Å²) in [7, 11) is 0. The predicted molar refractivity (Wildman–Crippen MR) is 69.1 cm³/mol. The number of nitrogens with zero attached hydrogens (tertiary/aromatic N) is 4. The van der Waals surface area contributed by atoms with E-state index < -0.39 is 9.85 Å². The molecule has 2 aromatic rings. The Morgan fingerprint density at radius 1 is 1.16 bits per heavy atom. The average molecular weight is 278 g/mol. The standard InChI is InChI=1S/C10H6N4O4S/c15-13(16)8-3-1-7(2-4-8)5-11-10-12-6-9(19-10)14(17)18/h1-6H/b11-5-. The van der Waals surface area contributed by atoms with Crippen LogP contribution in [-0.2, 0) is 0 Å². The molecule has 0 aliphatic rings. The number of benzene rings is 1. The Morgan fingerprint density at radius 2 is 1.84 bits per heavy atom. The molecule has 1 aromatic carbocycles. The Labute approximate surface area is 110 Å². The topological polar surface area (TPSA) is 112 Å². The molecule has 0 aliphatic heterocycles. The van der Waals surface area contributed by atoms with E-state index in [1.54, 1.807) is 0 Å². The quantitative estimate of drug-likeness (QED) is 0.485. The first-order valence-electron chi connectivity index (χ1n) is 4.95. The second kappa shape index (κ2) is 5.31. The highest BCUT2D eigenvalue weighted by atomic mass is 32.1. The van der Waals surface area contributed by atoms with E-state index in [0.29, 0.717) is 5.56 Å². The second-order valence-electron chi connectivity index (χ2n) is 3.35. The lowest BCUT2D eigenvalue weighted by atomic mass is 10.2. The molecule has 0 bridgehead atoms. The Balaban J connectivity index is 2.13. The molecular weight excluding hydrogens is 272 g/mol. The maximum atomic E-state index is 10.5. The van der Waals surface area contributed by atoms with Crippen molar-refractivity contribution in [2.75, 3.05) is 0 Å². The van der Waals surface area contributed by atoms with Crippen LogP contribution in [0.3, 0.4) is 0 Å². The zero-order chi connectivity index (χ0) is 13.8.